The highest BCUT2D eigenvalue weighted by atomic mass is 16.5. The maximum atomic E-state index is 11.6. The van der Waals surface area contributed by atoms with Gasteiger partial charge in [-0.15, -0.1) is 0 Å². The van der Waals surface area contributed by atoms with Crippen molar-refractivity contribution in [3.8, 4) is 0 Å². The molecule has 0 aliphatic rings. The largest absolute Gasteiger partial charge is 0.481 e. The van der Waals surface area contributed by atoms with Gasteiger partial charge in [0.1, 0.15) is 12.6 Å². The average molecular weight is 368 g/mol. The molecular formula is C16H20N2O8. The van der Waals surface area contributed by atoms with E-state index in [9.17, 15) is 24.3 Å². The predicted molar refractivity (Wildman–Crippen MR) is 87.1 cm³/mol. The van der Waals surface area contributed by atoms with Crippen LogP contribution < -0.4 is 10.6 Å². The number of ether oxygens (including phenoxy) is 1. The number of aliphatic hydroxyl groups is 1. The van der Waals surface area contributed by atoms with Crippen LogP contribution in [0.2, 0.25) is 0 Å². The van der Waals surface area contributed by atoms with E-state index in [1.54, 1.807) is 24.3 Å². The first-order valence-electron chi connectivity index (χ1n) is 7.64. The zero-order valence-electron chi connectivity index (χ0n) is 13.8. The van der Waals surface area contributed by atoms with E-state index in [1.807, 2.05) is 11.4 Å². The second-order valence-corrected chi connectivity index (χ2v) is 5.36. The number of carboxylic acid groups (broad SMARTS) is 2. The van der Waals surface area contributed by atoms with E-state index in [2.05, 4.69) is 5.32 Å². The van der Waals surface area contributed by atoms with Crippen LogP contribution in [-0.2, 0) is 25.7 Å². The van der Waals surface area contributed by atoms with Gasteiger partial charge in [0, 0.05) is 6.54 Å². The summed E-state index contributed by atoms with van der Waals surface area (Å²) >= 11 is 0. The molecule has 0 saturated heterocycles. The summed E-state index contributed by atoms with van der Waals surface area (Å²) in [6.07, 6.45) is -3.38. The summed E-state index contributed by atoms with van der Waals surface area (Å²) in [5, 5.41) is 31.3. The summed E-state index contributed by atoms with van der Waals surface area (Å²) in [6, 6.07) is 7.32. The van der Waals surface area contributed by atoms with Gasteiger partial charge in [0.2, 0.25) is 5.91 Å². The molecule has 10 nitrogen and oxygen atoms in total. The summed E-state index contributed by atoms with van der Waals surface area (Å²) in [4.78, 5) is 44.5. The van der Waals surface area contributed by atoms with Gasteiger partial charge in [-0.3, -0.25) is 9.59 Å². The normalized spacial score (nSPS) is 12.5. The maximum Gasteiger partial charge on any atom is 0.407 e. The topological polar surface area (TPSA) is 162 Å². The number of benzene rings is 1. The van der Waals surface area contributed by atoms with Gasteiger partial charge in [0.25, 0.3) is 0 Å². The number of amides is 2. The molecule has 142 valence electrons. The van der Waals surface area contributed by atoms with E-state index in [1.165, 1.54) is 0 Å². The Hall–Kier alpha value is -3.14. The first-order chi connectivity index (χ1) is 12.3. The Morgan fingerprint density at radius 2 is 1.69 bits per heavy atom. The second kappa shape index (κ2) is 10.7. The van der Waals surface area contributed by atoms with E-state index >= 15 is 0 Å². The zero-order valence-corrected chi connectivity index (χ0v) is 13.8. The summed E-state index contributed by atoms with van der Waals surface area (Å²) in [6.45, 7) is -0.254. The lowest BCUT2D eigenvalue weighted by molar-refractivity contribution is -0.147. The second-order valence-electron chi connectivity index (χ2n) is 5.36. The average Bonchev–Trinajstić information content (AvgIpc) is 2.58. The van der Waals surface area contributed by atoms with Crippen molar-refractivity contribution in [2.75, 3.05) is 6.54 Å². The van der Waals surface area contributed by atoms with Crippen molar-refractivity contribution in [2.45, 2.75) is 31.6 Å². The molecule has 10 heteroatoms. The fourth-order valence-electron chi connectivity index (χ4n) is 1.89. The van der Waals surface area contributed by atoms with E-state index in [-0.39, 0.29) is 13.2 Å². The summed E-state index contributed by atoms with van der Waals surface area (Å²) in [5.74, 6) is -3.75. The van der Waals surface area contributed by atoms with Gasteiger partial charge in [-0.2, -0.15) is 0 Å². The van der Waals surface area contributed by atoms with E-state index < -0.39 is 48.9 Å². The number of carbonyl (C=O) groups excluding carboxylic acids is 2. The molecule has 1 aromatic rings. The minimum Gasteiger partial charge on any atom is -0.481 e. The van der Waals surface area contributed by atoms with Gasteiger partial charge in [0.05, 0.1) is 18.9 Å². The van der Waals surface area contributed by atoms with Crippen LogP contribution in [0.3, 0.4) is 0 Å². The molecule has 0 aliphatic heterocycles. The Bertz CT molecular complexity index is 634. The molecule has 0 saturated carbocycles. The maximum absolute atomic E-state index is 11.6. The van der Waals surface area contributed by atoms with E-state index in [0.717, 1.165) is 5.56 Å². The van der Waals surface area contributed by atoms with Crippen LogP contribution in [0.1, 0.15) is 18.4 Å². The van der Waals surface area contributed by atoms with E-state index in [4.69, 9.17) is 14.9 Å². The first kappa shape index (κ1) is 20.9. The SMILES string of the molecule is O=C(O)C[C@@H](NC(=O)C[C@H](O)CNC(=O)OCc1ccccc1)C(=O)O. The van der Waals surface area contributed by atoms with Gasteiger partial charge >= 0.3 is 18.0 Å². The molecule has 1 rings (SSSR count). The van der Waals surface area contributed by atoms with Crippen LogP contribution in [0.15, 0.2) is 30.3 Å². The number of aliphatic hydroxyl groups excluding tert-OH is 1. The fourth-order valence-corrected chi connectivity index (χ4v) is 1.89. The number of nitrogens with one attached hydrogen (secondary N) is 2. The molecule has 0 aromatic heterocycles. The van der Waals surface area contributed by atoms with Crippen molar-refractivity contribution < 1.29 is 39.2 Å². The minimum absolute atomic E-state index is 0.0404. The third-order valence-electron chi connectivity index (χ3n) is 3.13. The number of hydrogen-bond acceptors (Lipinski definition) is 6. The summed E-state index contributed by atoms with van der Waals surface area (Å²) < 4.78 is 4.92. The van der Waals surface area contributed by atoms with Gasteiger partial charge in [-0.05, 0) is 5.56 Å². The van der Waals surface area contributed by atoms with Crippen LogP contribution in [0.4, 0.5) is 4.79 Å². The number of alkyl carbamates (subject to hydrolysis) is 1. The highest BCUT2D eigenvalue weighted by molar-refractivity contribution is 5.86. The van der Waals surface area contributed by atoms with Crippen molar-refractivity contribution in [3.63, 3.8) is 0 Å². The molecule has 0 unspecified atom stereocenters. The number of carboxylic acids is 2. The fraction of sp³-hybridized carbons (Fsp3) is 0.375. The third-order valence-corrected chi connectivity index (χ3v) is 3.13. The lowest BCUT2D eigenvalue weighted by Crippen LogP contribution is -2.44. The standard InChI is InChI=1S/C16H20N2O8/c19-11(6-13(20)18-12(15(23)24)7-14(21)22)8-17-16(25)26-9-10-4-2-1-3-5-10/h1-5,11-12,19H,6-9H2,(H,17,25)(H,18,20)(H,21,22)(H,23,24)/t11-,12+/m0/s1. The van der Waals surface area contributed by atoms with Crippen LogP contribution >= 0.6 is 0 Å². The Kier molecular flexibility index (Phi) is 8.58. The van der Waals surface area contributed by atoms with Gasteiger partial charge in [0.15, 0.2) is 0 Å². The molecule has 2 atom stereocenters. The summed E-state index contributed by atoms with van der Waals surface area (Å²) in [5.41, 5.74) is 0.778. The lowest BCUT2D eigenvalue weighted by atomic mass is 10.2. The minimum atomic E-state index is -1.60. The van der Waals surface area contributed by atoms with Gasteiger partial charge < -0.3 is 30.7 Å². The number of aliphatic carboxylic acids is 2. The van der Waals surface area contributed by atoms with Crippen molar-refractivity contribution in [3.05, 3.63) is 35.9 Å². The van der Waals surface area contributed by atoms with Gasteiger partial charge in [-0.1, -0.05) is 30.3 Å². The number of rotatable bonds is 10. The molecule has 0 heterocycles. The molecule has 5 N–H and O–H groups in total. The molecule has 0 aliphatic carbocycles. The van der Waals surface area contributed by atoms with Crippen molar-refractivity contribution >= 4 is 23.9 Å². The van der Waals surface area contributed by atoms with Crippen LogP contribution in [0.5, 0.6) is 0 Å². The third kappa shape index (κ3) is 8.64. The smallest absolute Gasteiger partial charge is 0.407 e. The lowest BCUT2D eigenvalue weighted by Gasteiger charge is -2.15. The van der Waals surface area contributed by atoms with Crippen LogP contribution in [0.25, 0.3) is 0 Å². The van der Waals surface area contributed by atoms with Crippen molar-refractivity contribution in [1.29, 1.82) is 0 Å². The number of carbonyl (C=O) groups is 4. The molecule has 1 aromatic carbocycles. The quantitative estimate of drug-likeness (QED) is 0.376. The van der Waals surface area contributed by atoms with E-state index in [0.29, 0.717) is 0 Å². The van der Waals surface area contributed by atoms with Crippen LogP contribution in [0, 0.1) is 0 Å². The Balaban J connectivity index is 2.30. The van der Waals surface area contributed by atoms with Crippen LogP contribution in [-0.4, -0.2) is 57.9 Å². The number of hydrogen-bond donors (Lipinski definition) is 5. The summed E-state index contributed by atoms with van der Waals surface area (Å²) in [7, 11) is 0. The van der Waals surface area contributed by atoms with Crippen molar-refractivity contribution in [1.82, 2.24) is 10.6 Å². The highest BCUT2D eigenvalue weighted by Gasteiger charge is 2.24. The monoisotopic (exact) mass is 368 g/mol. The Morgan fingerprint density at radius 1 is 1.04 bits per heavy atom. The first-order valence-corrected chi connectivity index (χ1v) is 7.64. The molecule has 0 bridgehead atoms. The molecule has 0 radical (unpaired) electrons. The molecule has 26 heavy (non-hydrogen) atoms. The van der Waals surface area contributed by atoms with Crippen molar-refractivity contribution in [2.24, 2.45) is 0 Å². The van der Waals surface area contributed by atoms with Gasteiger partial charge in [-0.25, -0.2) is 9.59 Å². The highest BCUT2D eigenvalue weighted by Crippen LogP contribution is 2.01. The molecule has 0 fully saturated rings. The zero-order chi connectivity index (χ0) is 19.5. The molecule has 0 spiro atoms. The molecule has 2 amide bonds. The predicted octanol–water partition coefficient (Wildman–Crippen LogP) is -0.292. The Morgan fingerprint density at radius 3 is 2.27 bits per heavy atom. The Labute approximate surface area is 148 Å². The molecular weight excluding hydrogens is 348 g/mol.